The summed E-state index contributed by atoms with van der Waals surface area (Å²) in [5.74, 6) is -1.46. The summed E-state index contributed by atoms with van der Waals surface area (Å²) in [5.41, 5.74) is 0.656. The van der Waals surface area contributed by atoms with Crippen molar-refractivity contribution in [3.8, 4) is 0 Å². The number of benzene rings is 2. The summed E-state index contributed by atoms with van der Waals surface area (Å²) < 4.78 is 43.1. The van der Waals surface area contributed by atoms with Gasteiger partial charge in [0, 0.05) is 35.6 Å². The smallest absolute Gasteiger partial charge is 0.315 e. The Hall–Kier alpha value is -3.19. The molecule has 0 saturated carbocycles. The lowest BCUT2D eigenvalue weighted by molar-refractivity contribution is -0.164. The van der Waals surface area contributed by atoms with Crippen LogP contribution in [0.25, 0.3) is 0 Å². The Morgan fingerprint density at radius 2 is 1.71 bits per heavy atom. The fourth-order valence-electron chi connectivity index (χ4n) is 5.20. The van der Waals surface area contributed by atoms with Gasteiger partial charge in [0.2, 0.25) is 21.8 Å². The van der Waals surface area contributed by atoms with Gasteiger partial charge in [-0.1, -0.05) is 41.4 Å². The predicted octanol–water partition coefficient (Wildman–Crippen LogP) is 3.50. The van der Waals surface area contributed by atoms with Crippen LogP contribution in [0.5, 0.6) is 0 Å². The van der Waals surface area contributed by atoms with E-state index >= 15 is 0 Å². The van der Waals surface area contributed by atoms with Crippen LogP contribution in [0.2, 0.25) is 10.0 Å². The minimum absolute atomic E-state index is 0.00162. The van der Waals surface area contributed by atoms with Gasteiger partial charge in [0.05, 0.1) is 11.6 Å². The number of nitrogens with one attached hydrogen (secondary N) is 2. The van der Waals surface area contributed by atoms with Crippen molar-refractivity contribution >= 4 is 51.1 Å². The standard InChI is InChI=1S/C28H30Cl2FN5O5S/c1-28(2,3)33-27(39)32-21-14-35(42(40,41)23-11-6-17(29)13-20(23)30)24-15-34(19-9-10-19)26(38)22(36(24)25(21)37)12-16-4-7-18(31)8-5-16/h4-9,11,13,21-22,24H,10,12,14-15H2,1-3H3,(H2,32,33,39). The topological polar surface area (TPSA) is 119 Å². The highest BCUT2D eigenvalue weighted by molar-refractivity contribution is 7.89. The van der Waals surface area contributed by atoms with Crippen molar-refractivity contribution in [1.29, 1.82) is 0 Å². The Bertz CT molecular complexity index is 1580. The zero-order valence-electron chi connectivity index (χ0n) is 23.1. The van der Waals surface area contributed by atoms with Gasteiger partial charge in [-0.2, -0.15) is 4.31 Å². The zero-order valence-corrected chi connectivity index (χ0v) is 25.4. The van der Waals surface area contributed by atoms with Gasteiger partial charge in [0.25, 0.3) is 0 Å². The van der Waals surface area contributed by atoms with Crippen molar-refractivity contribution in [2.24, 2.45) is 0 Å². The molecule has 2 fully saturated rings. The largest absolute Gasteiger partial charge is 0.334 e. The fraction of sp³-hybridized carbons (Fsp3) is 0.393. The third-order valence-corrected chi connectivity index (χ3v) is 9.73. The van der Waals surface area contributed by atoms with E-state index in [1.807, 2.05) is 6.08 Å². The molecule has 2 saturated heterocycles. The first-order chi connectivity index (χ1) is 19.7. The van der Waals surface area contributed by atoms with E-state index in [9.17, 15) is 27.2 Å². The maximum atomic E-state index is 14.2. The summed E-state index contributed by atoms with van der Waals surface area (Å²) in [6.07, 6.45) is 1.29. The molecule has 3 unspecified atom stereocenters. The quantitative estimate of drug-likeness (QED) is 0.503. The molecule has 224 valence electrons. The molecule has 0 spiro atoms. The van der Waals surface area contributed by atoms with E-state index in [4.69, 9.17) is 23.2 Å². The number of amides is 4. The Morgan fingerprint density at radius 1 is 1.05 bits per heavy atom. The second kappa shape index (κ2) is 11.1. The molecule has 3 aliphatic rings. The number of nitrogens with zero attached hydrogens (tertiary/aromatic N) is 3. The van der Waals surface area contributed by atoms with Crippen LogP contribution in [0, 0.1) is 5.82 Å². The van der Waals surface area contributed by atoms with Gasteiger partial charge in [-0.25, -0.2) is 17.6 Å². The number of urea groups is 1. The van der Waals surface area contributed by atoms with Gasteiger partial charge in [-0.05, 0) is 56.7 Å². The number of hydrogen-bond acceptors (Lipinski definition) is 5. The number of carbonyl (C=O) groups excluding carboxylic acids is 3. The summed E-state index contributed by atoms with van der Waals surface area (Å²) in [4.78, 5) is 43.2. The lowest BCUT2D eigenvalue weighted by Gasteiger charge is -2.53. The van der Waals surface area contributed by atoms with Gasteiger partial charge >= 0.3 is 6.03 Å². The maximum absolute atomic E-state index is 14.2. The Labute approximate surface area is 253 Å². The van der Waals surface area contributed by atoms with E-state index in [0.717, 1.165) is 10.0 Å². The molecule has 2 aromatic carbocycles. The van der Waals surface area contributed by atoms with Gasteiger partial charge < -0.3 is 20.4 Å². The van der Waals surface area contributed by atoms with Crippen LogP contribution in [0.15, 0.2) is 59.1 Å². The minimum Gasteiger partial charge on any atom is -0.334 e. The van der Waals surface area contributed by atoms with Crippen LogP contribution in [-0.2, 0) is 26.0 Å². The number of sulfonamides is 1. The summed E-state index contributed by atoms with van der Waals surface area (Å²) in [5, 5.41) is 5.44. The molecule has 4 amide bonds. The minimum atomic E-state index is -4.39. The van der Waals surface area contributed by atoms with Crippen LogP contribution in [-0.4, -0.2) is 77.2 Å². The van der Waals surface area contributed by atoms with E-state index in [0.29, 0.717) is 12.0 Å². The number of fused-ring (bicyclic) bond motifs is 1. The first-order valence-corrected chi connectivity index (χ1v) is 15.5. The molecule has 1 aliphatic carbocycles. The highest BCUT2D eigenvalue weighted by Crippen LogP contribution is 2.37. The van der Waals surface area contributed by atoms with E-state index in [-0.39, 0.29) is 27.9 Å². The molecular formula is C28H30Cl2FN5O5S. The first-order valence-electron chi connectivity index (χ1n) is 13.3. The molecule has 42 heavy (non-hydrogen) atoms. The molecule has 0 aromatic heterocycles. The van der Waals surface area contributed by atoms with Gasteiger partial charge in [-0.15, -0.1) is 0 Å². The van der Waals surface area contributed by atoms with Gasteiger partial charge in [-0.3, -0.25) is 9.59 Å². The number of allylic oxidation sites excluding steroid dienone is 2. The molecule has 2 aromatic rings. The number of piperazine rings is 1. The maximum Gasteiger partial charge on any atom is 0.315 e. The third kappa shape index (κ3) is 6.12. The van der Waals surface area contributed by atoms with E-state index in [2.05, 4.69) is 10.6 Å². The molecule has 2 N–H and O–H groups in total. The molecule has 10 nitrogen and oxygen atoms in total. The predicted molar refractivity (Wildman–Crippen MR) is 155 cm³/mol. The number of carbonyl (C=O) groups is 3. The Balaban J connectivity index is 1.59. The molecule has 14 heteroatoms. The lowest BCUT2D eigenvalue weighted by Crippen LogP contribution is -2.76. The molecular weight excluding hydrogens is 608 g/mol. The number of hydrogen-bond donors (Lipinski definition) is 2. The fourth-order valence-corrected chi connectivity index (χ4v) is 7.54. The van der Waals surface area contributed by atoms with Crippen molar-refractivity contribution < 1.29 is 27.2 Å². The van der Waals surface area contributed by atoms with Crippen molar-refractivity contribution in [2.45, 2.75) is 62.3 Å². The van der Waals surface area contributed by atoms with Crippen molar-refractivity contribution in [3.05, 3.63) is 75.7 Å². The second-order valence-electron chi connectivity index (χ2n) is 11.5. The van der Waals surface area contributed by atoms with Crippen molar-refractivity contribution in [1.82, 2.24) is 24.7 Å². The molecule has 0 bridgehead atoms. The van der Waals surface area contributed by atoms with Crippen LogP contribution < -0.4 is 10.6 Å². The normalized spacial score (nSPS) is 22.9. The van der Waals surface area contributed by atoms with E-state index in [1.54, 1.807) is 20.8 Å². The number of halogens is 3. The Morgan fingerprint density at radius 3 is 2.31 bits per heavy atom. The summed E-state index contributed by atoms with van der Waals surface area (Å²) in [6, 6.07) is 6.37. The highest BCUT2D eigenvalue weighted by Gasteiger charge is 2.55. The average Bonchev–Trinajstić information content (AvgIpc) is 3.72. The average molecular weight is 639 g/mol. The van der Waals surface area contributed by atoms with Crippen LogP contribution in [0.3, 0.4) is 0 Å². The SMILES string of the molecule is CC(C)(C)NC(=O)NC1CN(S(=O)(=O)c2ccc(Cl)cc2Cl)C2CN(C3=CC3)C(=O)C(Cc3ccc(F)cc3)N2C1=O. The number of rotatable bonds is 6. The van der Waals surface area contributed by atoms with Crippen molar-refractivity contribution in [3.63, 3.8) is 0 Å². The molecule has 2 aliphatic heterocycles. The van der Waals surface area contributed by atoms with Gasteiger partial charge in [0.1, 0.15) is 29.0 Å². The van der Waals surface area contributed by atoms with E-state index in [1.165, 1.54) is 52.3 Å². The molecule has 0 radical (unpaired) electrons. The Kier molecular flexibility index (Phi) is 8.03. The zero-order chi connectivity index (χ0) is 30.6. The first kappa shape index (κ1) is 30.3. The molecule has 2 heterocycles. The summed E-state index contributed by atoms with van der Waals surface area (Å²) in [7, 11) is -4.39. The lowest BCUT2D eigenvalue weighted by atomic mass is 9.97. The van der Waals surface area contributed by atoms with Crippen LogP contribution in [0.1, 0.15) is 32.8 Å². The summed E-state index contributed by atoms with van der Waals surface area (Å²) in [6.45, 7) is 4.76. The highest BCUT2D eigenvalue weighted by atomic mass is 35.5. The van der Waals surface area contributed by atoms with Crippen LogP contribution >= 0.6 is 23.2 Å². The van der Waals surface area contributed by atoms with Crippen LogP contribution in [0.4, 0.5) is 9.18 Å². The van der Waals surface area contributed by atoms with E-state index < -0.39 is 64.0 Å². The molecule has 3 atom stereocenters. The van der Waals surface area contributed by atoms with Gasteiger partial charge in [0.15, 0.2) is 0 Å². The second-order valence-corrected chi connectivity index (χ2v) is 14.2. The van der Waals surface area contributed by atoms with Crippen molar-refractivity contribution in [2.75, 3.05) is 13.1 Å². The molecule has 5 rings (SSSR count). The summed E-state index contributed by atoms with van der Waals surface area (Å²) >= 11 is 12.4. The third-order valence-electron chi connectivity index (χ3n) is 7.15. The monoisotopic (exact) mass is 637 g/mol.